The van der Waals surface area contributed by atoms with Crippen molar-refractivity contribution in [1.82, 2.24) is 0 Å². The van der Waals surface area contributed by atoms with Gasteiger partial charge in [0.05, 0.1) is 6.10 Å². The molecule has 2 aromatic rings. The Morgan fingerprint density at radius 3 is 2.57 bits per heavy atom. The van der Waals surface area contributed by atoms with Crippen molar-refractivity contribution in [3.05, 3.63) is 70.7 Å². The standard InChI is InChI=1S/C30H38FNO3/c1-5-6-22(33)11-8-21-15-26-27(16-23(34)17-28(26)31)30(21)35-24-12-9-20(10-13-24)25-14-7-19(4)32-29(25)18(2)3/h7,9-10,12-13,16-18,21-22,25,30,33-34H,5-6,8,11,14-15H2,1-4H3/t21-,22+,25?,30+/m0/s1. The Hall–Kier alpha value is -2.66. The van der Waals surface area contributed by atoms with Crippen molar-refractivity contribution in [1.29, 1.82) is 0 Å². The first-order valence-corrected chi connectivity index (χ1v) is 13.0. The van der Waals surface area contributed by atoms with Gasteiger partial charge in [-0.2, -0.15) is 0 Å². The third-order valence-corrected chi connectivity index (χ3v) is 7.36. The summed E-state index contributed by atoms with van der Waals surface area (Å²) in [4.78, 5) is 4.81. The van der Waals surface area contributed by atoms with Gasteiger partial charge in [0.2, 0.25) is 0 Å². The maximum atomic E-state index is 14.7. The molecule has 188 valence electrons. The molecule has 0 fully saturated rings. The summed E-state index contributed by atoms with van der Waals surface area (Å²) in [5, 5.41) is 20.3. The molecule has 0 amide bonds. The molecule has 4 rings (SSSR count). The quantitative estimate of drug-likeness (QED) is 0.398. The normalized spacial score (nSPS) is 22.5. The molecular formula is C30H38FNO3. The second-order valence-electron chi connectivity index (χ2n) is 10.4. The highest BCUT2D eigenvalue weighted by atomic mass is 19.1. The number of phenols is 1. The smallest absolute Gasteiger partial charge is 0.130 e. The van der Waals surface area contributed by atoms with Crippen LogP contribution >= 0.6 is 0 Å². The molecule has 5 heteroatoms. The van der Waals surface area contributed by atoms with Crippen LogP contribution in [0.5, 0.6) is 11.5 Å². The van der Waals surface area contributed by atoms with Gasteiger partial charge in [-0.25, -0.2) is 4.39 Å². The van der Waals surface area contributed by atoms with Gasteiger partial charge in [0.15, 0.2) is 0 Å². The van der Waals surface area contributed by atoms with Crippen LogP contribution in [0.25, 0.3) is 0 Å². The maximum absolute atomic E-state index is 14.7. The molecule has 0 spiro atoms. The van der Waals surface area contributed by atoms with Crippen molar-refractivity contribution in [2.45, 2.75) is 84.3 Å². The summed E-state index contributed by atoms with van der Waals surface area (Å²) in [6.45, 7) is 8.48. The molecule has 0 bridgehead atoms. The lowest BCUT2D eigenvalue weighted by Gasteiger charge is -2.26. The van der Waals surface area contributed by atoms with Crippen LogP contribution in [0.3, 0.4) is 0 Å². The fourth-order valence-electron chi connectivity index (χ4n) is 5.53. The van der Waals surface area contributed by atoms with Gasteiger partial charge in [-0.3, -0.25) is 4.99 Å². The van der Waals surface area contributed by atoms with E-state index in [1.165, 1.54) is 17.3 Å². The number of aliphatic hydroxyl groups is 1. The predicted molar refractivity (Wildman–Crippen MR) is 139 cm³/mol. The number of ether oxygens (including phenoxy) is 1. The number of hydrogen-bond donors (Lipinski definition) is 2. The van der Waals surface area contributed by atoms with Crippen LogP contribution in [-0.4, -0.2) is 22.0 Å². The van der Waals surface area contributed by atoms with Crippen LogP contribution in [0.4, 0.5) is 4.39 Å². The molecular weight excluding hydrogens is 441 g/mol. The Balaban J connectivity index is 1.54. The lowest BCUT2D eigenvalue weighted by atomic mass is 9.84. The third kappa shape index (κ3) is 5.78. The zero-order valence-corrected chi connectivity index (χ0v) is 21.3. The Kier molecular flexibility index (Phi) is 7.95. The number of halogens is 1. The van der Waals surface area contributed by atoms with Crippen LogP contribution < -0.4 is 4.74 Å². The van der Waals surface area contributed by atoms with E-state index >= 15 is 0 Å². The molecule has 0 aromatic heterocycles. The van der Waals surface area contributed by atoms with Gasteiger partial charge >= 0.3 is 0 Å². The van der Waals surface area contributed by atoms with Crippen LogP contribution in [0.2, 0.25) is 0 Å². The minimum Gasteiger partial charge on any atom is -0.508 e. The second kappa shape index (κ2) is 10.9. The fourth-order valence-corrected chi connectivity index (χ4v) is 5.53. The molecule has 4 nitrogen and oxygen atoms in total. The molecule has 4 atom stereocenters. The minimum atomic E-state index is -0.387. The topological polar surface area (TPSA) is 62.0 Å². The summed E-state index contributed by atoms with van der Waals surface area (Å²) in [5.41, 5.74) is 4.82. The van der Waals surface area contributed by atoms with Crippen molar-refractivity contribution in [2.75, 3.05) is 0 Å². The number of benzene rings is 2. The van der Waals surface area contributed by atoms with E-state index in [0.29, 0.717) is 29.9 Å². The van der Waals surface area contributed by atoms with Gasteiger partial charge in [-0.1, -0.05) is 45.4 Å². The number of nitrogens with zero attached hydrogens (tertiary/aromatic N) is 1. The second-order valence-corrected chi connectivity index (χ2v) is 10.4. The molecule has 35 heavy (non-hydrogen) atoms. The van der Waals surface area contributed by atoms with Crippen LogP contribution in [0, 0.1) is 17.7 Å². The van der Waals surface area contributed by atoms with Crippen LogP contribution in [0.15, 0.2) is 53.2 Å². The van der Waals surface area contributed by atoms with Crippen molar-refractivity contribution < 1.29 is 19.3 Å². The average molecular weight is 480 g/mol. The Labute approximate surface area is 208 Å². The molecule has 1 aliphatic heterocycles. The van der Waals surface area contributed by atoms with Gasteiger partial charge in [0.1, 0.15) is 23.4 Å². The van der Waals surface area contributed by atoms with Gasteiger partial charge in [-0.05, 0) is 74.3 Å². The molecule has 2 aliphatic rings. The van der Waals surface area contributed by atoms with Crippen LogP contribution in [-0.2, 0) is 6.42 Å². The summed E-state index contributed by atoms with van der Waals surface area (Å²) < 4.78 is 21.1. The van der Waals surface area contributed by atoms with Gasteiger partial charge in [-0.15, -0.1) is 0 Å². The molecule has 1 unspecified atom stereocenters. The molecule has 2 aromatic carbocycles. The van der Waals surface area contributed by atoms with E-state index in [1.54, 1.807) is 6.07 Å². The van der Waals surface area contributed by atoms with E-state index in [-0.39, 0.29) is 35.6 Å². The highest BCUT2D eigenvalue weighted by Gasteiger charge is 2.37. The van der Waals surface area contributed by atoms with E-state index in [9.17, 15) is 14.6 Å². The van der Waals surface area contributed by atoms with E-state index in [4.69, 9.17) is 9.73 Å². The summed E-state index contributed by atoms with van der Waals surface area (Å²) in [6, 6.07) is 11.0. The van der Waals surface area contributed by atoms with E-state index < -0.39 is 0 Å². The van der Waals surface area contributed by atoms with Crippen molar-refractivity contribution in [3.8, 4) is 11.5 Å². The lowest BCUT2D eigenvalue weighted by molar-refractivity contribution is 0.109. The summed E-state index contributed by atoms with van der Waals surface area (Å²) in [7, 11) is 0. The monoisotopic (exact) mass is 479 g/mol. The van der Waals surface area contributed by atoms with Gasteiger partial charge < -0.3 is 14.9 Å². The molecule has 0 radical (unpaired) electrons. The summed E-state index contributed by atoms with van der Waals surface area (Å²) in [5.74, 6) is 0.929. The first-order chi connectivity index (χ1) is 16.8. The number of aliphatic imine (C=N–C) groups is 1. The van der Waals surface area contributed by atoms with Crippen molar-refractivity contribution in [2.24, 2.45) is 16.8 Å². The lowest BCUT2D eigenvalue weighted by Crippen LogP contribution is -2.21. The maximum Gasteiger partial charge on any atom is 0.130 e. The average Bonchev–Trinajstić information content (AvgIpc) is 3.16. The van der Waals surface area contributed by atoms with Crippen molar-refractivity contribution in [3.63, 3.8) is 0 Å². The molecule has 1 aliphatic carbocycles. The molecule has 0 saturated carbocycles. The molecule has 2 N–H and O–H groups in total. The number of fused-ring (bicyclic) bond motifs is 1. The molecule has 0 saturated heterocycles. The number of phenolic OH excluding ortho intramolecular Hbond substituents is 1. The van der Waals surface area contributed by atoms with E-state index in [1.807, 2.05) is 19.1 Å². The number of hydrogen-bond acceptors (Lipinski definition) is 4. The number of allylic oxidation sites excluding steroid dienone is 2. The van der Waals surface area contributed by atoms with E-state index in [2.05, 4.69) is 39.0 Å². The molecule has 1 heterocycles. The highest BCUT2D eigenvalue weighted by molar-refractivity contribution is 5.94. The zero-order valence-electron chi connectivity index (χ0n) is 21.3. The minimum absolute atomic E-state index is 0.0404. The third-order valence-electron chi connectivity index (χ3n) is 7.36. The first-order valence-electron chi connectivity index (χ1n) is 13.0. The largest absolute Gasteiger partial charge is 0.508 e. The summed E-state index contributed by atoms with van der Waals surface area (Å²) >= 11 is 0. The number of aliphatic hydroxyl groups excluding tert-OH is 1. The zero-order chi connectivity index (χ0) is 25.1. The Morgan fingerprint density at radius 1 is 1.14 bits per heavy atom. The predicted octanol–water partition coefficient (Wildman–Crippen LogP) is 7.25. The fraction of sp³-hybridized carbons (Fsp3) is 0.500. The highest BCUT2D eigenvalue weighted by Crippen LogP contribution is 2.44. The van der Waals surface area contributed by atoms with Gasteiger partial charge in [0.25, 0.3) is 0 Å². The first kappa shape index (κ1) is 25.4. The van der Waals surface area contributed by atoms with Gasteiger partial charge in [0, 0.05) is 34.9 Å². The van der Waals surface area contributed by atoms with Crippen LogP contribution in [0.1, 0.15) is 88.5 Å². The SMILES string of the molecule is CCC[C@@H](O)CC[C@H]1Cc2c(F)cc(O)cc2[C@@H]1Oc1ccc(C2CC=C(C)N=C2C(C)C)cc1. The van der Waals surface area contributed by atoms with E-state index in [0.717, 1.165) is 37.1 Å². The Morgan fingerprint density at radius 2 is 1.89 bits per heavy atom. The Bertz CT molecular complexity index is 1090. The number of rotatable bonds is 9. The summed E-state index contributed by atoms with van der Waals surface area (Å²) in [6.07, 6.45) is 6.05. The van der Waals surface area contributed by atoms with Crippen molar-refractivity contribution >= 4 is 5.71 Å². The number of aromatic hydroxyl groups is 1.